The number of Topliss-reactive ketones (excluding diaryl/α,β-unsaturated/α-hetero) is 1. The summed E-state index contributed by atoms with van der Waals surface area (Å²) in [5, 5.41) is 0. The predicted octanol–water partition coefficient (Wildman–Crippen LogP) is 1.05. The van der Waals surface area contributed by atoms with Crippen LogP contribution in [0.15, 0.2) is 24.3 Å². The second-order valence-electron chi connectivity index (χ2n) is 5.55. The SMILES string of the molecule is NC(CN1Cc2ccccc2C1C(=O)C=O)C1CC1. The van der Waals surface area contributed by atoms with Gasteiger partial charge in [-0.2, -0.15) is 0 Å². The van der Waals surface area contributed by atoms with E-state index in [4.69, 9.17) is 5.73 Å². The molecule has 0 bridgehead atoms. The van der Waals surface area contributed by atoms with E-state index < -0.39 is 6.04 Å². The lowest BCUT2D eigenvalue weighted by Crippen LogP contribution is -2.40. The summed E-state index contributed by atoms with van der Waals surface area (Å²) < 4.78 is 0. The summed E-state index contributed by atoms with van der Waals surface area (Å²) in [6, 6.07) is 7.50. The molecule has 4 heteroatoms. The molecule has 2 N–H and O–H groups in total. The largest absolute Gasteiger partial charge is 0.326 e. The Morgan fingerprint density at radius 2 is 2.16 bits per heavy atom. The van der Waals surface area contributed by atoms with Crippen LogP contribution in [-0.4, -0.2) is 29.6 Å². The Morgan fingerprint density at radius 1 is 1.42 bits per heavy atom. The Morgan fingerprint density at radius 3 is 2.84 bits per heavy atom. The number of benzene rings is 1. The molecule has 0 saturated heterocycles. The van der Waals surface area contributed by atoms with Crippen molar-refractivity contribution >= 4 is 12.1 Å². The van der Waals surface area contributed by atoms with Gasteiger partial charge in [0.1, 0.15) is 6.04 Å². The van der Waals surface area contributed by atoms with Gasteiger partial charge in [0.25, 0.3) is 0 Å². The molecule has 1 aromatic carbocycles. The van der Waals surface area contributed by atoms with Crippen molar-refractivity contribution in [3.05, 3.63) is 35.4 Å². The van der Waals surface area contributed by atoms with E-state index in [9.17, 15) is 9.59 Å². The second-order valence-corrected chi connectivity index (χ2v) is 5.55. The number of hydrogen-bond donors (Lipinski definition) is 1. The average Bonchev–Trinajstić information content (AvgIpc) is 3.20. The molecule has 100 valence electrons. The normalized spacial score (nSPS) is 23.9. The van der Waals surface area contributed by atoms with Crippen molar-refractivity contribution in [1.29, 1.82) is 0 Å². The fraction of sp³-hybridized carbons (Fsp3) is 0.467. The van der Waals surface area contributed by atoms with Gasteiger partial charge < -0.3 is 5.73 Å². The van der Waals surface area contributed by atoms with E-state index in [2.05, 4.69) is 0 Å². The van der Waals surface area contributed by atoms with Gasteiger partial charge in [0.05, 0.1) is 0 Å². The Balaban J connectivity index is 1.84. The van der Waals surface area contributed by atoms with Crippen LogP contribution < -0.4 is 5.73 Å². The van der Waals surface area contributed by atoms with Gasteiger partial charge in [-0.15, -0.1) is 0 Å². The van der Waals surface area contributed by atoms with Crippen LogP contribution in [-0.2, 0) is 16.1 Å². The highest BCUT2D eigenvalue weighted by molar-refractivity contribution is 6.27. The first-order valence-corrected chi connectivity index (χ1v) is 6.77. The molecule has 0 aromatic heterocycles. The number of carbonyl (C=O) groups excluding carboxylic acids is 2. The van der Waals surface area contributed by atoms with Crippen molar-refractivity contribution in [1.82, 2.24) is 4.90 Å². The lowest BCUT2D eigenvalue weighted by atomic mass is 10.0. The lowest BCUT2D eigenvalue weighted by Gasteiger charge is -2.25. The Bertz CT molecular complexity index is 511. The first-order chi connectivity index (χ1) is 9.20. The molecule has 19 heavy (non-hydrogen) atoms. The van der Waals surface area contributed by atoms with Crippen molar-refractivity contribution in [2.45, 2.75) is 31.5 Å². The second kappa shape index (κ2) is 4.87. The number of rotatable bonds is 5. The van der Waals surface area contributed by atoms with Crippen molar-refractivity contribution in [2.75, 3.05) is 6.54 Å². The summed E-state index contributed by atoms with van der Waals surface area (Å²) in [5.74, 6) is 0.226. The molecule has 0 amide bonds. The van der Waals surface area contributed by atoms with E-state index >= 15 is 0 Å². The summed E-state index contributed by atoms with van der Waals surface area (Å²) in [6.07, 6.45) is 2.81. The van der Waals surface area contributed by atoms with Crippen LogP contribution in [0, 0.1) is 5.92 Å². The number of fused-ring (bicyclic) bond motifs is 1. The standard InChI is InChI=1S/C15H18N2O2/c16-13(10-5-6-10)8-17-7-11-3-1-2-4-12(11)15(17)14(19)9-18/h1-4,9-10,13,15H,5-8,16H2. The van der Waals surface area contributed by atoms with E-state index in [0.29, 0.717) is 25.3 Å². The van der Waals surface area contributed by atoms with Crippen LogP contribution in [0.4, 0.5) is 0 Å². The minimum atomic E-state index is -0.432. The third-order valence-corrected chi connectivity index (χ3v) is 4.15. The Labute approximate surface area is 112 Å². The zero-order chi connectivity index (χ0) is 13.4. The van der Waals surface area contributed by atoms with Crippen molar-refractivity contribution in [2.24, 2.45) is 11.7 Å². The first kappa shape index (κ1) is 12.5. The van der Waals surface area contributed by atoms with Gasteiger partial charge in [0.2, 0.25) is 5.78 Å². The molecule has 4 nitrogen and oxygen atoms in total. The maximum Gasteiger partial charge on any atom is 0.216 e. The zero-order valence-corrected chi connectivity index (χ0v) is 10.8. The van der Waals surface area contributed by atoms with Gasteiger partial charge in [-0.1, -0.05) is 24.3 Å². The summed E-state index contributed by atoms with van der Waals surface area (Å²) in [4.78, 5) is 24.8. The number of nitrogens with two attached hydrogens (primary N) is 1. The molecule has 3 rings (SSSR count). The first-order valence-electron chi connectivity index (χ1n) is 6.77. The van der Waals surface area contributed by atoms with Crippen LogP contribution in [0.5, 0.6) is 0 Å². The smallest absolute Gasteiger partial charge is 0.216 e. The quantitative estimate of drug-likeness (QED) is 0.633. The molecule has 1 aliphatic carbocycles. The fourth-order valence-corrected chi connectivity index (χ4v) is 2.96. The van der Waals surface area contributed by atoms with Crippen molar-refractivity contribution in [3.63, 3.8) is 0 Å². The van der Waals surface area contributed by atoms with Crippen LogP contribution in [0.3, 0.4) is 0 Å². The van der Waals surface area contributed by atoms with Crippen molar-refractivity contribution in [3.8, 4) is 0 Å². The number of aldehydes is 1. The summed E-state index contributed by atoms with van der Waals surface area (Å²) in [6.45, 7) is 1.39. The summed E-state index contributed by atoms with van der Waals surface area (Å²) in [7, 11) is 0. The Hall–Kier alpha value is -1.52. The molecule has 0 radical (unpaired) electrons. The highest BCUT2D eigenvalue weighted by Crippen LogP contribution is 2.37. The van der Waals surface area contributed by atoms with Gasteiger partial charge in [0.15, 0.2) is 6.29 Å². The molecule has 1 fully saturated rings. The zero-order valence-electron chi connectivity index (χ0n) is 10.8. The minimum absolute atomic E-state index is 0.108. The molecule has 2 atom stereocenters. The monoisotopic (exact) mass is 258 g/mol. The van der Waals surface area contributed by atoms with Gasteiger partial charge in [-0.25, -0.2) is 0 Å². The Kier molecular flexibility index (Phi) is 3.21. The molecule has 2 aliphatic rings. The van der Waals surface area contributed by atoms with E-state index in [-0.39, 0.29) is 11.8 Å². The molecule has 1 heterocycles. The highest BCUT2D eigenvalue weighted by Gasteiger charge is 2.38. The number of hydrogen-bond acceptors (Lipinski definition) is 4. The molecule has 0 spiro atoms. The lowest BCUT2D eigenvalue weighted by molar-refractivity contribution is -0.133. The fourth-order valence-electron chi connectivity index (χ4n) is 2.96. The van der Waals surface area contributed by atoms with Gasteiger partial charge in [-0.05, 0) is 29.9 Å². The van der Waals surface area contributed by atoms with E-state index in [1.54, 1.807) is 0 Å². The van der Waals surface area contributed by atoms with E-state index in [1.165, 1.54) is 12.8 Å². The van der Waals surface area contributed by atoms with Crippen LogP contribution >= 0.6 is 0 Å². The van der Waals surface area contributed by atoms with Crippen LogP contribution in [0.2, 0.25) is 0 Å². The number of ketones is 1. The molecular formula is C15H18N2O2. The molecular weight excluding hydrogens is 240 g/mol. The van der Waals surface area contributed by atoms with Gasteiger partial charge in [-0.3, -0.25) is 14.5 Å². The van der Waals surface area contributed by atoms with E-state index in [1.807, 2.05) is 29.2 Å². The third kappa shape index (κ3) is 2.33. The van der Waals surface area contributed by atoms with Gasteiger partial charge in [0, 0.05) is 19.1 Å². The topological polar surface area (TPSA) is 63.4 Å². The number of carbonyl (C=O) groups is 2. The summed E-state index contributed by atoms with van der Waals surface area (Å²) >= 11 is 0. The van der Waals surface area contributed by atoms with Gasteiger partial charge >= 0.3 is 0 Å². The predicted molar refractivity (Wildman–Crippen MR) is 71.4 cm³/mol. The van der Waals surface area contributed by atoms with E-state index in [0.717, 1.165) is 11.1 Å². The number of nitrogens with zero attached hydrogens (tertiary/aromatic N) is 1. The van der Waals surface area contributed by atoms with Crippen molar-refractivity contribution < 1.29 is 9.59 Å². The summed E-state index contributed by atoms with van der Waals surface area (Å²) in [5.41, 5.74) is 8.25. The minimum Gasteiger partial charge on any atom is -0.326 e. The molecule has 2 unspecified atom stereocenters. The maximum atomic E-state index is 11.9. The molecule has 1 aliphatic heterocycles. The molecule has 1 saturated carbocycles. The average molecular weight is 258 g/mol. The third-order valence-electron chi connectivity index (χ3n) is 4.15. The molecule has 1 aromatic rings. The maximum absolute atomic E-state index is 11.9. The van der Waals surface area contributed by atoms with Crippen LogP contribution in [0.25, 0.3) is 0 Å². The highest BCUT2D eigenvalue weighted by atomic mass is 16.2. The van der Waals surface area contributed by atoms with Crippen LogP contribution in [0.1, 0.15) is 30.0 Å².